The highest BCUT2D eigenvalue weighted by atomic mass is 16.3. The fourth-order valence-corrected chi connectivity index (χ4v) is 0.939. The van der Waals surface area contributed by atoms with Crippen LogP contribution in [0.4, 0.5) is 5.82 Å². The molecule has 0 fully saturated rings. The van der Waals surface area contributed by atoms with E-state index in [1.54, 1.807) is 6.07 Å². The van der Waals surface area contributed by atoms with Crippen LogP contribution in [-0.4, -0.2) is 21.2 Å². The van der Waals surface area contributed by atoms with E-state index in [0.717, 1.165) is 6.42 Å². The SMILES string of the molecule is CCCC(=O)Nc1cc(CO)[nH]n1. The Balaban J connectivity index is 2.49. The van der Waals surface area contributed by atoms with Gasteiger partial charge < -0.3 is 10.4 Å². The summed E-state index contributed by atoms with van der Waals surface area (Å²) in [5.41, 5.74) is 0.590. The van der Waals surface area contributed by atoms with Gasteiger partial charge in [0.2, 0.25) is 5.91 Å². The van der Waals surface area contributed by atoms with Gasteiger partial charge in [0.15, 0.2) is 5.82 Å². The van der Waals surface area contributed by atoms with Gasteiger partial charge in [0.05, 0.1) is 12.3 Å². The van der Waals surface area contributed by atoms with Crippen LogP contribution in [0.3, 0.4) is 0 Å². The van der Waals surface area contributed by atoms with Crippen LogP contribution in [-0.2, 0) is 11.4 Å². The van der Waals surface area contributed by atoms with Gasteiger partial charge in [-0.1, -0.05) is 6.92 Å². The Morgan fingerprint density at radius 2 is 2.54 bits per heavy atom. The summed E-state index contributed by atoms with van der Waals surface area (Å²) in [6.45, 7) is 1.83. The molecule has 0 bridgehead atoms. The summed E-state index contributed by atoms with van der Waals surface area (Å²) >= 11 is 0. The van der Waals surface area contributed by atoms with Crippen molar-refractivity contribution in [1.82, 2.24) is 10.2 Å². The lowest BCUT2D eigenvalue weighted by atomic mass is 10.3. The van der Waals surface area contributed by atoms with E-state index in [-0.39, 0.29) is 12.5 Å². The van der Waals surface area contributed by atoms with Crippen LogP contribution in [0.2, 0.25) is 0 Å². The standard InChI is InChI=1S/C8H13N3O2/c1-2-3-8(13)9-7-4-6(5-12)10-11-7/h4,12H,2-3,5H2,1H3,(H2,9,10,11,13). The largest absolute Gasteiger partial charge is 0.390 e. The first-order chi connectivity index (χ1) is 6.26. The van der Waals surface area contributed by atoms with Crippen molar-refractivity contribution in [2.45, 2.75) is 26.4 Å². The van der Waals surface area contributed by atoms with Crippen LogP contribution < -0.4 is 5.32 Å². The van der Waals surface area contributed by atoms with E-state index < -0.39 is 0 Å². The van der Waals surface area contributed by atoms with Crippen molar-refractivity contribution in [3.8, 4) is 0 Å². The molecule has 0 atom stereocenters. The number of aromatic nitrogens is 2. The molecule has 0 saturated heterocycles. The molecule has 1 amide bonds. The quantitative estimate of drug-likeness (QED) is 0.641. The van der Waals surface area contributed by atoms with E-state index >= 15 is 0 Å². The zero-order chi connectivity index (χ0) is 9.68. The van der Waals surface area contributed by atoms with Crippen molar-refractivity contribution in [3.63, 3.8) is 0 Å². The Kier molecular flexibility index (Phi) is 3.45. The predicted octanol–water partition coefficient (Wildman–Crippen LogP) is 0.641. The Hall–Kier alpha value is -1.36. The molecule has 0 aliphatic rings. The molecule has 0 unspecified atom stereocenters. The molecule has 3 N–H and O–H groups in total. The number of anilines is 1. The third kappa shape index (κ3) is 2.87. The van der Waals surface area contributed by atoms with Gasteiger partial charge in [-0.25, -0.2) is 0 Å². The van der Waals surface area contributed by atoms with E-state index in [2.05, 4.69) is 15.5 Å². The summed E-state index contributed by atoms with van der Waals surface area (Å²) in [7, 11) is 0. The Morgan fingerprint density at radius 3 is 3.08 bits per heavy atom. The first kappa shape index (κ1) is 9.73. The summed E-state index contributed by atoms with van der Waals surface area (Å²) in [6.07, 6.45) is 1.30. The normalized spacial score (nSPS) is 10.0. The average Bonchev–Trinajstić information content (AvgIpc) is 2.52. The molecule has 0 aromatic carbocycles. The van der Waals surface area contributed by atoms with Crippen LogP contribution in [0.15, 0.2) is 6.07 Å². The number of rotatable bonds is 4. The smallest absolute Gasteiger partial charge is 0.225 e. The van der Waals surface area contributed by atoms with Gasteiger partial charge >= 0.3 is 0 Å². The molecule has 0 radical (unpaired) electrons. The maximum Gasteiger partial charge on any atom is 0.225 e. The molecule has 0 aliphatic heterocycles. The zero-order valence-electron chi connectivity index (χ0n) is 7.50. The number of aliphatic hydroxyl groups excluding tert-OH is 1. The summed E-state index contributed by atoms with van der Waals surface area (Å²) in [5.74, 6) is 0.404. The van der Waals surface area contributed by atoms with Crippen LogP contribution in [0.25, 0.3) is 0 Å². The van der Waals surface area contributed by atoms with Crippen molar-refractivity contribution >= 4 is 11.7 Å². The van der Waals surface area contributed by atoms with Crippen molar-refractivity contribution in [2.75, 3.05) is 5.32 Å². The maximum atomic E-state index is 11.1. The number of nitrogens with one attached hydrogen (secondary N) is 2. The van der Waals surface area contributed by atoms with Gasteiger partial charge in [0.25, 0.3) is 0 Å². The van der Waals surface area contributed by atoms with Gasteiger partial charge in [-0.15, -0.1) is 0 Å². The van der Waals surface area contributed by atoms with Crippen molar-refractivity contribution in [1.29, 1.82) is 0 Å². The molecule has 5 nitrogen and oxygen atoms in total. The highest BCUT2D eigenvalue weighted by Gasteiger charge is 2.03. The lowest BCUT2D eigenvalue weighted by molar-refractivity contribution is -0.116. The topological polar surface area (TPSA) is 78.0 Å². The minimum atomic E-state index is -0.101. The van der Waals surface area contributed by atoms with E-state index in [1.165, 1.54) is 0 Å². The molecule has 0 spiro atoms. The molecule has 72 valence electrons. The summed E-state index contributed by atoms with van der Waals surface area (Å²) in [6, 6.07) is 1.60. The fourth-order valence-electron chi connectivity index (χ4n) is 0.939. The number of carbonyl (C=O) groups is 1. The number of aromatic amines is 1. The third-order valence-electron chi connectivity index (χ3n) is 1.55. The monoisotopic (exact) mass is 183 g/mol. The number of hydrogen-bond donors (Lipinski definition) is 3. The van der Waals surface area contributed by atoms with Crippen LogP contribution in [0.1, 0.15) is 25.5 Å². The molecule has 1 aromatic rings. The molecule has 1 heterocycles. The van der Waals surface area contributed by atoms with Crippen molar-refractivity contribution < 1.29 is 9.90 Å². The molecule has 13 heavy (non-hydrogen) atoms. The zero-order valence-corrected chi connectivity index (χ0v) is 7.50. The lowest BCUT2D eigenvalue weighted by Crippen LogP contribution is -2.10. The molecular formula is C8H13N3O2. The van der Waals surface area contributed by atoms with Gasteiger partial charge in [-0.3, -0.25) is 9.89 Å². The Morgan fingerprint density at radius 1 is 1.77 bits per heavy atom. The molecule has 0 aliphatic carbocycles. The summed E-state index contributed by atoms with van der Waals surface area (Å²) < 4.78 is 0. The predicted molar refractivity (Wildman–Crippen MR) is 48.0 cm³/mol. The van der Waals surface area contributed by atoms with Gasteiger partial charge in [0, 0.05) is 12.5 Å². The van der Waals surface area contributed by atoms with Gasteiger partial charge in [-0.05, 0) is 6.42 Å². The summed E-state index contributed by atoms with van der Waals surface area (Å²) in [5, 5.41) is 17.7. The minimum Gasteiger partial charge on any atom is -0.390 e. The molecule has 1 rings (SSSR count). The van der Waals surface area contributed by atoms with Crippen LogP contribution in [0, 0.1) is 0 Å². The maximum absolute atomic E-state index is 11.1. The first-order valence-electron chi connectivity index (χ1n) is 4.21. The van der Waals surface area contributed by atoms with E-state index in [4.69, 9.17) is 5.11 Å². The van der Waals surface area contributed by atoms with E-state index in [0.29, 0.717) is 17.9 Å². The van der Waals surface area contributed by atoms with E-state index in [9.17, 15) is 4.79 Å². The van der Waals surface area contributed by atoms with E-state index in [1.807, 2.05) is 6.92 Å². The first-order valence-corrected chi connectivity index (χ1v) is 4.21. The van der Waals surface area contributed by atoms with Gasteiger partial charge in [-0.2, -0.15) is 5.10 Å². The Labute approximate surface area is 76.2 Å². The lowest BCUT2D eigenvalue weighted by Gasteiger charge is -1.97. The number of aliphatic hydroxyl groups is 1. The molecule has 0 saturated carbocycles. The van der Waals surface area contributed by atoms with Crippen LogP contribution in [0.5, 0.6) is 0 Å². The number of carbonyl (C=O) groups excluding carboxylic acids is 1. The second-order valence-electron chi connectivity index (χ2n) is 2.73. The number of hydrogen-bond acceptors (Lipinski definition) is 3. The number of H-pyrrole nitrogens is 1. The highest BCUT2D eigenvalue weighted by Crippen LogP contribution is 2.05. The minimum absolute atomic E-state index is 0.0570. The van der Waals surface area contributed by atoms with Gasteiger partial charge in [0.1, 0.15) is 0 Å². The number of amides is 1. The Bertz CT molecular complexity index is 283. The third-order valence-corrected chi connectivity index (χ3v) is 1.55. The van der Waals surface area contributed by atoms with Crippen molar-refractivity contribution in [3.05, 3.63) is 11.8 Å². The average molecular weight is 183 g/mol. The second kappa shape index (κ2) is 4.61. The molecule has 5 heteroatoms. The number of nitrogens with zero attached hydrogens (tertiary/aromatic N) is 1. The fraction of sp³-hybridized carbons (Fsp3) is 0.500. The molecule has 1 aromatic heterocycles. The molecular weight excluding hydrogens is 170 g/mol. The second-order valence-corrected chi connectivity index (χ2v) is 2.73. The van der Waals surface area contributed by atoms with Crippen LogP contribution >= 0.6 is 0 Å². The summed E-state index contributed by atoms with van der Waals surface area (Å²) in [4.78, 5) is 11.1. The highest BCUT2D eigenvalue weighted by molar-refractivity contribution is 5.89. The van der Waals surface area contributed by atoms with Crippen molar-refractivity contribution in [2.24, 2.45) is 0 Å².